The van der Waals surface area contributed by atoms with E-state index in [1.54, 1.807) is 11.3 Å². The van der Waals surface area contributed by atoms with E-state index in [0.717, 1.165) is 17.8 Å². The van der Waals surface area contributed by atoms with Crippen LogP contribution in [0.1, 0.15) is 27.4 Å². The van der Waals surface area contributed by atoms with Crippen molar-refractivity contribution in [2.24, 2.45) is 5.92 Å². The molecule has 0 spiro atoms. The molecule has 1 aliphatic heterocycles. The summed E-state index contributed by atoms with van der Waals surface area (Å²) < 4.78 is 0. The number of nitrogens with one attached hydrogen (secondary N) is 2. The van der Waals surface area contributed by atoms with E-state index in [4.69, 9.17) is 0 Å². The number of carbonyl (C=O) groups excluding carboxylic acids is 1. The molecule has 2 aliphatic rings. The fraction of sp³-hybridized carbons (Fsp3) is 0.583. The molecule has 16 heavy (non-hydrogen) atoms. The Bertz CT molecular complexity index is 415. The van der Waals surface area contributed by atoms with Gasteiger partial charge in [0, 0.05) is 23.5 Å². The Morgan fingerprint density at radius 1 is 1.50 bits per heavy atom. The summed E-state index contributed by atoms with van der Waals surface area (Å²) >= 11 is 1.57. The number of fused-ring (bicyclic) bond motifs is 2. The summed E-state index contributed by atoms with van der Waals surface area (Å²) in [4.78, 5) is 14.0. The molecule has 1 saturated carbocycles. The van der Waals surface area contributed by atoms with Gasteiger partial charge in [0.15, 0.2) is 0 Å². The van der Waals surface area contributed by atoms with Gasteiger partial charge in [0.1, 0.15) is 0 Å². The summed E-state index contributed by atoms with van der Waals surface area (Å²) in [5, 5.41) is 6.63. The van der Waals surface area contributed by atoms with Gasteiger partial charge >= 0.3 is 0 Å². The lowest BCUT2D eigenvalue weighted by molar-refractivity contribution is 0.0929. The van der Waals surface area contributed by atoms with Gasteiger partial charge in [-0.2, -0.15) is 0 Å². The maximum Gasteiger partial charge on any atom is 0.261 e. The minimum Gasteiger partial charge on any atom is -0.348 e. The molecule has 4 heteroatoms. The highest BCUT2D eigenvalue weighted by Gasteiger charge is 2.40. The number of carbonyl (C=O) groups is 1. The SMILES string of the molecule is Cc1ccc(C(=O)NC2CC3CC2CN3)s1. The maximum absolute atomic E-state index is 12.0. The molecule has 2 N–H and O–H groups in total. The molecule has 3 nitrogen and oxygen atoms in total. The molecule has 3 unspecified atom stereocenters. The van der Waals surface area contributed by atoms with E-state index < -0.39 is 0 Å². The van der Waals surface area contributed by atoms with Gasteiger partial charge in [-0.1, -0.05) is 0 Å². The highest BCUT2D eigenvalue weighted by Crippen LogP contribution is 2.31. The molecule has 1 saturated heterocycles. The Labute approximate surface area is 99.2 Å². The van der Waals surface area contributed by atoms with Gasteiger partial charge in [-0.15, -0.1) is 11.3 Å². The third-order valence-electron chi connectivity index (χ3n) is 3.64. The molecular formula is C12H16N2OS. The lowest BCUT2D eigenvalue weighted by atomic mass is 10.0. The van der Waals surface area contributed by atoms with Crippen LogP contribution in [-0.4, -0.2) is 24.5 Å². The highest BCUT2D eigenvalue weighted by molar-refractivity contribution is 7.13. The van der Waals surface area contributed by atoms with E-state index in [2.05, 4.69) is 10.6 Å². The van der Waals surface area contributed by atoms with Crippen molar-refractivity contribution in [3.63, 3.8) is 0 Å². The van der Waals surface area contributed by atoms with Crippen LogP contribution in [-0.2, 0) is 0 Å². The molecule has 2 bridgehead atoms. The lowest BCUT2D eigenvalue weighted by Gasteiger charge is -2.23. The summed E-state index contributed by atoms with van der Waals surface area (Å²) in [7, 11) is 0. The molecule has 3 atom stereocenters. The van der Waals surface area contributed by atoms with E-state index in [1.807, 2.05) is 19.1 Å². The van der Waals surface area contributed by atoms with E-state index in [0.29, 0.717) is 18.0 Å². The summed E-state index contributed by atoms with van der Waals surface area (Å²) in [5.74, 6) is 0.755. The molecule has 1 aromatic heterocycles. The molecule has 1 aromatic rings. The predicted molar refractivity (Wildman–Crippen MR) is 64.8 cm³/mol. The monoisotopic (exact) mass is 236 g/mol. The quantitative estimate of drug-likeness (QED) is 0.818. The smallest absolute Gasteiger partial charge is 0.261 e. The second-order valence-electron chi connectivity index (χ2n) is 4.83. The number of amides is 1. The second kappa shape index (κ2) is 3.86. The number of rotatable bonds is 2. The fourth-order valence-corrected chi connectivity index (χ4v) is 3.58. The van der Waals surface area contributed by atoms with Gasteiger partial charge in [0.25, 0.3) is 5.91 Å². The summed E-state index contributed by atoms with van der Waals surface area (Å²) in [6, 6.07) is 4.95. The van der Waals surface area contributed by atoms with Crippen molar-refractivity contribution in [3.05, 3.63) is 21.9 Å². The first kappa shape index (κ1) is 10.3. The topological polar surface area (TPSA) is 41.1 Å². The van der Waals surface area contributed by atoms with Crippen LogP contribution in [0, 0.1) is 12.8 Å². The molecule has 1 amide bonds. The molecule has 3 rings (SSSR count). The Morgan fingerprint density at radius 3 is 2.94 bits per heavy atom. The number of hydrogen-bond acceptors (Lipinski definition) is 3. The van der Waals surface area contributed by atoms with Crippen LogP contribution >= 0.6 is 11.3 Å². The Morgan fingerprint density at radius 2 is 2.38 bits per heavy atom. The van der Waals surface area contributed by atoms with Gasteiger partial charge in [0.2, 0.25) is 0 Å². The lowest BCUT2D eigenvalue weighted by Crippen LogP contribution is -2.43. The summed E-state index contributed by atoms with van der Waals surface area (Å²) in [5.41, 5.74) is 0. The number of hydrogen-bond donors (Lipinski definition) is 2. The average molecular weight is 236 g/mol. The van der Waals surface area contributed by atoms with Crippen molar-refractivity contribution in [1.29, 1.82) is 0 Å². The first-order valence-electron chi connectivity index (χ1n) is 5.83. The van der Waals surface area contributed by atoms with Crippen LogP contribution in [0.15, 0.2) is 12.1 Å². The molecule has 2 fully saturated rings. The van der Waals surface area contributed by atoms with E-state index >= 15 is 0 Å². The largest absolute Gasteiger partial charge is 0.348 e. The van der Waals surface area contributed by atoms with Crippen molar-refractivity contribution < 1.29 is 4.79 Å². The van der Waals surface area contributed by atoms with Crippen LogP contribution in [0.2, 0.25) is 0 Å². The van der Waals surface area contributed by atoms with Gasteiger partial charge < -0.3 is 10.6 Å². The zero-order valence-corrected chi connectivity index (χ0v) is 10.1. The third kappa shape index (κ3) is 1.76. The molecule has 2 heterocycles. The van der Waals surface area contributed by atoms with Gasteiger partial charge in [0.05, 0.1) is 4.88 Å². The number of aryl methyl sites for hydroxylation is 1. The van der Waals surface area contributed by atoms with Crippen molar-refractivity contribution in [3.8, 4) is 0 Å². The van der Waals surface area contributed by atoms with Gasteiger partial charge in [-0.25, -0.2) is 0 Å². The van der Waals surface area contributed by atoms with Crippen LogP contribution < -0.4 is 10.6 Å². The molecule has 0 radical (unpaired) electrons. The van der Waals surface area contributed by atoms with E-state index in [9.17, 15) is 4.79 Å². The predicted octanol–water partition coefficient (Wildman–Crippen LogP) is 1.54. The first-order chi connectivity index (χ1) is 7.72. The fourth-order valence-electron chi connectivity index (χ4n) is 2.81. The van der Waals surface area contributed by atoms with Gasteiger partial charge in [-0.3, -0.25) is 4.79 Å². The highest BCUT2D eigenvalue weighted by atomic mass is 32.1. The zero-order chi connectivity index (χ0) is 11.1. The number of piperidine rings is 1. The molecule has 0 aromatic carbocycles. The van der Waals surface area contributed by atoms with Crippen molar-refractivity contribution >= 4 is 17.2 Å². The molecule has 1 aliphatic carbocycles. The molecule has 86 valence electrons. The van der Waals surface area contributed by atoms with Crippen LogP contribution in [0.5, 0.6) is 0 Å². The summed E-state index contributed by atoms with van der Waals surface area (Å²) in [6.45, 7) is 3.10. The first-order valence-corrected chi connectivity index (χ1v) is 6.65. The Kier molecular flexibility index (Phi) is 2.48. The third-order valence-corrected chi connectivity index (χ3v) is 4.64. The van der Waals surface area contributed by atoms with Crippen LogP contribution in [0.25, 0.3) is 0 Å². The minimum absolute atomic E-state index is 0.107. The van der Waals surface area contributed by atoms with Crippen LogP contribution in [0.4, 0.5) is 0 Å². The number of thiophene rings is 1. The molecular weight excluding hydrogens is 220 g/mol. The summed E-state index contributed by atoms with van der Waals surface area (Å²) in [6.07, 6.45) is 2.33. The van der Waals surface area contributed by atoms with Gasteiger partial charge in [-0.05, 0) is 37.8 Å². The Balaban J connectivity index is 1.65. The van der Waals surface area contributed by atoms with Crippen molar-refractivity contribution in [2.45, 2.75) is 31.8 Å². The van der Waals surface area contributed by atoms with E-state index in [1.165, 1.54) is 11.3 Å². The zero-order valence-electron chi connectivity index (χ0n) is 9.32. The Hall–Kier alpha value is -0.870. The van der Waals surface area contributed by atoms with Crippen molar-refractivity contribution in [2.75, 3.05) is 6.54 Å². The minimum atomic E-state index is 0.107. The second-order valence-corrected chi connectivity index (χ2v) is 6.11. The normalized spacial score (nSPS) is 31.9. The van der Waals surface area contributed by atoms with Crippen LogP contribution in [0.3, 0.4) is 0 Å². The maximum atomic E-state index is 12.0. The van der Waals surface area contributed by atoms with E-state index in [-0.39, 0.29) is 5.91 Å². The average Bonchev–Trinajstić information content (AvgIpc) is 2.92. The van der Waals surface area contributed by atoms with Crippen molar-refractivity contribution in [1.82, 2.24) is 10.6 Å². The standard InChI is InChI=1S/C12H16N2OS/c1-7-2-3-11(16-7)12(15)14-10-5-9-4-8(10)6-13-9/h2-3,8-10,13H,4-6H2,1H3,(H,14,15).